The Bertz CT molecular complexity index is 1250. The molecule has 1 aromatic carbocycles. The van der Waals surface area contributed by atoms with Crippen LogP contribution in [0.25, 0.3) is 0 Å². The average molecular weight is 451 g/mol. The molecule has 0 aliphatic carbocycles. The van der Waals surface area contributed by atoms with Crippen LogP contribution in [0.15, 0.2) is 53.1 Å². The van der Waals surface area contributed by atoms with Gasteiger partial charge in [0.05, 0.1) is 12.3 Å². The maximum Gasteiger partial charge on any atom is 0.291 e. The van der Waals surface area contributed by atoms with Crippen LogP contribution in [0.2, 0.25) is 0 Å². The lowest BCUT2D eigenvalue weighted by Gasteiger charge is -2.22. The van der Waals surface area contributed by atoms with E-state index in [1.165, 1.54) is 29.7 Å². The molecule has 164 valence electrons. The zero-order valence-corrected chi connectivity index (χ0v) is 19.0. The fourth-order valence-electron chi connectivity index (χ4n) is 3.59. The first kappa shape index (κ1) is 21.7. The van der Waals surface area contributed by atoms with Crippen LogP contribution >= 0.6 is 11.3 Å². The van der Waals surface area contributed by atoms with Crippen LogP contribution < -0.4 is 10.6 Å². The Morgan fingerprint density at radius 1 is 1.06 bits per heavy atom. The van der Waals surface area contributed by atoms with Gasteiger partial charge in [-0.3, -0.25) is 4.79 Å². The van der Waals surface area contributed by atoms with Crippen molar-refractivity contribution in [1.82, 2.24) is 9.97 Å². The number of rotatable bonds is 6. The summed E-state index contributed by atoms with van der Waals surface area (Å²) in [6.45, 7) is 7.76. The number of carbonyl (C=O) groups excluding carboxylic acids is 1. The third-order valence-electron chi connectivity index (χ3n) is 5.13. The Labute approximate surface area is 189 Å². The van der Waals surface area contributed by atoms with Crippen LogP contribution in [0.5, 0.6) is 0 Å². The molecule has 0 aliphatic rings. The molecular formula is C24H23FN4O2S. The molecule has 0 radical (unpaired) electrons. The molecule has 0 aliphatic heterocycles. The van der Waals surface area contributed by atoms with Gasteiger partial charge >= 0.3 is 0 Å². The molecule has 32 heavy (non-hydrogen) atoms. The van der Waals surface area contributed by atoms with Crippen LogP contribution in [-0.2, 0) is 0 Å². The molecule has 1 amide bonds. The molecule has 0 saturated heterocycles. The van der Waals surface area contributed by atoms with E-state index in [1.807, 2.05) is 39.8 Å². The Hall–Kier alpha value is -3.52. The first-order valence-electron chi connectivity index (χ1n) is 10.1. The molecule has 6 nitrogen and oxygen atoms in total. The van der Waals surface area contributed by atoms with E-state index in [0.29, 0.717) is 16.5 Å². The van der Waals surface area contributed by atoms with E-state index in [0.717, 1.165) is 27.4 Å². The molecule has 8 heteroatoms. The van der Waals surface area contributed by atoms with Gasteiger partial charge in [-0.25, -0.2) is 14.4 Å². The third kappa shape index (κ3) is 4.55. The minimum atomic E-state index is -0.483. The second-order valence-electron chi connectivity index (χ2n) is 7.56. The molecule has 2 N–H and O–H groups in total. The van der Waals surface area contributed by atoms with E-state index in [1.54, 1.807) is 18.2 Å². The third-order valence-corrected chi connectivity index (χ3v) is 6.27. The Balaban J connectivity index is 1.81. The fraction of sp³-hybridized carbons (Fsp3) is 0.208. The number of anilines is 2. The van der Waals surface area contributed by atoms with Gasteiger partial charge in [-0.1, -0.05) is 12.1 Å². The van der Waals surface area contributed by atoms with Gasteiger partial charge in [0.2, 0.25) is 5.95 Å². The van der Waals surface area contributed by atoms with Crippen molar-refractivity contribution in [3.8, 4) is 0 Å². The maximum absolute atomic E-state index is 14.2. The van der Waals surface area contributed by atoms with Gasteiger partial charge in [0.25, 0.3) is 5.91 Å². The molecule has 4 rings (SSSR count). The minimum Gasteiger partial charge on any atom is -0.459 e. The highest BCUT2D eigenvalue weighted by Crippen LogP contribution is 2.41. The van der Waals surface area contributed by atoms with E-state index in [2.05, 4.69) is 20.6 Å². The summed E-state index contributed by atoms with van der Waals surface area (Å²) in [7, 11) is 0. The fourth-order valence-corrected chi connectivity index (χ4v) is 4.68. The number of thiophene rings is 1. The molecule has 0 fully saturated rings. The minimum absolute atomic E-state index is 0.215. The molecular weight excluding hydrogens is 427 g/mol. The zero-order chi connectivity index (χ0) is 22.8. The monoisotopic (exact) mass is 450 g/mol. The summed E-state index contributed by atoms with van der Waals surface area (Å²) in [6, 6.07) is 11.1. The first-order valence-corrected chi connectivity index (χ1v) is 10.9. The van der Waals surface area contributed by atoms with Gasteiger partial charge in [-0.15, -0.1) is 11.3 Å². The quantitative estimate of drug-likeness (QED) is 0.379. The number of nitrogens with zero attached hydrogens (tertiary/aromatic N) is 2. The topological polar surface area (TPSA) is 80.0 Å². The summed E-state index contributed by atoms with van der Waals surface area (Å²) in [6.07, 6.45) is 1.45. The Kier molecular flexibility index (Phi) is 6.05. The Morgan fingerprint density at radius 3 is 2.47 bits per heavy atom. The van der Waals surface area contributed by atoms with E-state index in [9.17, 15) is 9.18 Å². The second-order valence-corrected chi connectivity index (χ2v) is 8.79. The van der Waals surface area contributed by atoms with Gasteiger partial charge < -0.3 is 15.1 Å². The summed E-state index contributed by atoms with van der Waals surface area (Å²) < 4.78 is 19.4. The van der Waals surface area contributed by atoms with E-state index >= 15 is 0 Å². The predicted octanol–water partition coefficient (Wildman–Crippen LogP) is 5.96. The van der Waals surface area contributed by atoms with Crippen LogP contribution in [0.4, 0.5) is 15.3 Å². The lowest BCUT2D eigenvalue weighted by Crippen LogP contribution is -2.19. The maximum atomic E-state index is 14.2. The molecule has 0 saturated carbocycles. The molecule has 1 atom stereocenters. The molecule has 0 spiro atoms. The summed E-state index contributed by atoms with van der Waals surface area (Å²) in [4.78, 5) is 22.7. The number of aromatic nitrogens is 2. The Morgan fingerprint density at radius 2 is 1.81 bits per heavy atom. The smallest absolute Gasteiger partial charge is 0.291 e. The van der Waals surface area contributed by atoms with Gasteiger partial charge in [0.15, 0.2) is 5.76 Å². The second kappa shape index (κ2) is 8.92. The number of amides is 1. The number of hydrogen-bond acceptors (Lipinski definition) is 6. The van der Waals surface area contributed by atoms with Gasteiger partial charge in [0, 0.05) is 21.8 Å². The lowest BCUT2D eigenvalue weighted by molar-refractivity contribution is 0.0997. The highest BCUT2D eigenvalue weighted by atomic mass is 32.1. The summed E-state index contributed by atoms with van der Waals surface area (Å²) in [5.74, 6) is -0.0459. The largest absolute Gasteiger partial charge is 0.459 e. The standard InChI is InChI=1S/C24H23FN4O2S/c1-13-11-14(2)27-24(26-13)28-21(17-7-5-8-18(25)12-17)20-15(3)16(4)32-23(20)29-22(30)19-9-6-10-31-19/h5-12,21H,1-4H3,(H,29,30)(H,26,27,28)/t21-/m1/s1. The van der Waals surface area contributed by atoms with E-state index < -0.39 is 6.04 Å². The normalized spacial score (nSPS) is 11.9. The molecule has 0 bridgehead atoms. The SMILES string of the molecule is Cc1cc(C)nc(N[C@H](c2cccc(F)c2)c2c(NC(=O)c3ccco3)sc(C)c2C)n1. The van der Waals surface area contributed by atoms with E-state index in [-0.39, 0.29) is 17.5 Å². The average Bonchev–Trinajstić information content (AvgIpc) is 3.35. The van der Waals surface area contributed by atoms with Crippen molar-refractivity contribution in [2.75, 3.05) is 10.6 Å². The molecule has 0 unspecified atom stereocenters. The summed E-state index contributed by atoms with van der Waals surface area (Å²) in [5, 5.41) is 6.99. The summed E-state index contributed by atoms with van der Waals surface area (Å²) >= 11 is 1.46. The molecule has 3 heterocycles. The van der Waals surface area contributed by atoms with Crippen molar-refractivity contribution in [2.45, 2.75) is 33.7 Å². The number of furan rings is 1. The van der Waals surface area contributed by atoms with Gasteiger partial charge in [-0.05, 0) is 69.2 Å². The van der Waals surface area contributed by atoms with E-state index in [4.69, 9.17) is 4.42 Å². The van der Waals surface area contributed by atoms with Crippen LogP contribution in [-0.4, -0.2) is 15.9 Å². The van der Waals surface area contributed by atoms with Crippen molar-refractivity contribution >= 4 is 28.2 Å². The number of hydrogen-bond donors (Lipinski definition) is 2. The number of nitrogens with one attached hydrogen (secondary N) is 2. The molecule has 3 aromatic heterocycles. The number of halogens is 1. The number of carbonyl (C=O) groups is 1. The number of benzene rings is 1. The first-order chi connectivity index (χ1) is 15.3. The lowest BCUT2D eigenvalue weighted by atomic mass is 9.96. The van der Waals surface area contributed by atoms with Crippen molar-refractivity contribution in [3.05, 3.63) is 93.3 Å². The highest BCUT2D eigenvalue weighted by molar-refractivity contribution is 7.16. The zero-order valence-electron chi connectivity index (χ0n) is 18.2. The summed E-state index contributed by atoms with van der Waals surface area (Å²) in [5.41, 5.74) is 4.17. The number of aryl methyl sites for hydroxylation is 3. The van der Waals surface area contributed by atoms with Gasteiger partial charge in [0.1, 0.15) is 10.8 Å². The van der Waals surface area contributed by atoms with Crippen molar-refractivity contribution in [3.63, 3.8) is 0 Å². The van der Waals surface area contributed by atoms with Gasteiger partial charge in [-0.2, -0.15) is 0 Å². The van der Waals surface area contributed by atoms with Crippen molar-refractivity contribution in [2.24, 2.45) is 0 Å². The highest BCUT2D eigenvalue weighted by Gasteiger charge is 2.26. The van der Waals surface area contributed by atoms with Crippen LogP contribution in [0, 0.1) is 33.5 Å². The van der Waals surface area contributed by atoms with Crippen LogP contribution in [0.3, 0.4) is 0 Å². The predicted molar refractivity (Wildman–Crippen MR) is 124 cm³/mol. The van der Waals surface area contributed by atoms with Crippen molar-refractivity contribution < 1.29 is 13.6 Å². The van der Waals surface area contributed by atoms with Crippen LogP contribution in [0.1, 0.15) is 49.6 Å². The molecule has 4 aromatic rings. The van der Waals surface area contributed by atoms with Crippen molar-refractivity contribution in [1.29, 1.82) is 0 Å².